The van der Waals surface area contributed by atoms with Crippen LogP contribution in [0.5, 0.6) is 5.75 Å². The van der Waals surface area contributed by atoms with E-state index in [0.29, 0.717) is 12.1 Å². The van der Waals surface area contributed by atoms with Crippen molar-refractivity contribution in [2.24, 2.45) is 0 Å². The fraction of sp³-hybridized carbons (Fsp3) is 0.500. The van der Waals surface area contributed by atoms with E-state index in [2.05, 4.69) is 10.6 Å². The van der Waals surface area contributed by atoms with Gasteiger partial charge in [0, 0.05) is 17.6 Å². The molecule has 1 rings (SSSR count). The third kappa shape index (κ3) is 6.97. The second kappa shape index (κ2) is 7.68. The molecule has 0 aliphatic carbocycles. The number of carboxylic acid groups (broad SMARTS) is 1. The van der Waals surface area contributed by atoms with E-state index in [1.165, 1.54) is 0 Å². The van der Waals surface area contributed by atoms with Gasteiger partial charge in [0.15, 0.2) is 0 Å². The van der Waals surface area contributed by atoms with Crippen LogP contribution in [0.3, 0.4) is 0 Å². The van der Waals surface area contributed by atoms with Crippen LogP contribution in [0.25, 0.3) is 0 Å². The molecule has 0 aliphatic heterocycles. The quantitative estimate of drug-likeness (QED) is 0.721. The molecule has 0 fully saturated rings. The summed E-state index contributed by atoms with van der Waals surface area (Å²) >= 11 is 0. The maximum atomic E-state index is 11.9. The van der Waals surface area contributed by atoms with Gasteiger partial charge in [-0.1, -0.05) is 0 Å². The van der Waals surface area contributed by atoms with Crippen molar-refractivity contribution in [1.82, 2.24) is 5.32 Å². The van der Waals surface area contributed by atoms with Crippen molar-refractivity contribution in [3.05, 3.63) is 24.3 Å². The molecule has 6 nitrogen and oxygen atoms in total. The molecule has 0 aliphatic rings. The maximum Gasteiger partial charge on any atom is 0.319 e. The van der Waals surface area contributed by atoms with Crippen LogP contribution in [-0.4, -0.2) is 28.7 Å². The molecule has 0 heterocycles. The summed E-state index contributed by atoms with van der Waals surface area (Å²) in [4.78, 5) is 22.5. The molecule has 3 N–H and O–H groups in total. The van der Waals surface area contributed by atoms with E-state index in [1.54, 1.807) is 38.1 Å². The molecule has 0 aromatic heterocycles. The van der Waals surface area contributed by atoms with Crippen LogP contribution in [0.2, 0.25) is 0 Å². The summed E-state index contributed by atoms with van der Waals surface area (Å²) in [6.07, 6.45) is 0.461. The fourth-order valence-electron chi connectivity index (χ4n) is 1.84. The minimum absolute atomic E-state index is 0.00845. The molecule has 0 atom stereocenters. The molecular formula is C16H24N2O4. The van der Waals surface area contributed by atoms with Crippen molar-refractivity contribution in [1.29, 1.82) is 0 Å². The molecule has 1 aromatic rings. The molecule has 122 valence electrons. The van der Waals surface area contributed by atoms with Crippen LogP contribution in [0.1, 0.15) is 40.5 Å². The van der Waals surface area contributed by atoms with E-state index in [9.17, 15) is 9.59 Å². The van der Waals surface area contributed by atoms with Gasteiger partial charge in [-0.05, 0) is 58.4 Å². The molecule has 1 aromatic carbocycles. The van der Waals surface area contributed by atoms with E-state index < -0.39 is 11.5 Å². The Bertz CT molecular complexity index is 509. The van der Waals surface area contributed by atoms with Crippen LogP contribution in [0.15, 0.2) is 24.3 Å². The summed E-state index contributed by atoms with van der Waals surface area (Å²) in [5.41, 5.74) is 0.0473. The van der Waals surface area contributed by atoms with Crippen molar-refractivity contribution >= 4 is 17.7 Å². The number of hydrogen-bond acceptors (Lipinski definition) is 3. The minimum Gasteiger partial charge on any atom is -0.491 e. The standard InChI is InChI=1S/C16H24N2O4/c1-11(2)22-13-7-5-12(6-8-13)17-15(21)18-16(3,4)10-9-14(19)20/h5-8,11H,9-10H2,1-4H3,(H,19,20)(H2,17,18,21). The number of nitrogens with one attached hydrogen (secondary N) is 2. The van der Waals surface area contributed by atoms with Crippen LogP contribution >= 0.6 is 0 Å². The zero-order valence-corrected chi connectivity index (χ0v) is 13.5. The first-order chi connectivity index (χ1) is 10.2. The van der Waals surface area contributed by atoms with Crippen LogP contribution in [0.4, 0.5) is 10.5 Å². The Hall–Kier alpha value is -2.24. The molecule has 2 amide bonds. The number of ether oxygens (including phenoxy) is 1. The van der Waals surface area contributed by atoms with Gasteiger partial charge >= 0.3 is 12.0 Å². The topological polar surface area (TPSA) is 87.7 Å². The highest BCUT2D eigenvalue weighted by Crippen LogP contribution is 2.17. The fourth-order valence-corrected chi connectivity index (χ4v) is 1.84. The molecule has 0 bridgehead atoms. The third-order valence-electron chi connectivity index (χ3n) is 2.90. The number of rotatable bonds is 7. The summed E-state index contributed by atoms with van der Waals surface area (Å²) in [5, 5.41) is 14.2. The van der Waals surface area contributed by atoms with E-state index in [0.717, 1.165) is 5.75 Å². The Kier molecular flexibility index (Phi) is 6.22. The number of carboxylic acids is 1. The number of amides is 2. The second-order valence-corrected chi connectivity index (χ2v) is 6.05. The van der Waals surface area contributed by atoms with Gasteiger partial charge in [0.2, 0.25) is 0 Å². The molecule has 6 heteroatoms. The Labute approximate surface area is 130 Å². The summed E-state index contributed by atoms with van der Waals surface area (Å²) in [6, 6.07) is 6.70. The predicted molar refractivity (Wildman–Crippen MR) is 85.3 cm³/mol. The molecule has 0 saturated carbocycles. The van der Waals surface area contributed by atoms with Crippen molar-refractivity contribution < 1.29 is 19.4 Å². The lowest BCUT2D eigenvalue weighted by Gasteiger charge is -2.25. The van der Waals surface area contributed by atoms with Gasteiger partial charge < -0.3 is 20.5 Å². The van der Waals surface area contributed by atoms with E-state index in [-0.39, 0.29) is 18.6 Å². The number of hydrogen-bond donors (Lipinski definition) is 3. The van der Waals surface area contributed by atoms with Gasteiger partial charge in [-0.15, -0.1) is 0 Å². The molecule has 0 unspecified atom stereocenters. The second-order valence-electron chi connectivity index (χ2n) is 6.05. The number of urea groups is 1. The number of anilines is 1. The van der Waals surface area contributed by atoms with Gasteiger partial charge in [0.1, 0.15) is 5.75 Å². The van der Waals surface area contributed by atoms with Gasteiger partial charge in [-0.3, -0.25) is 4.79 Å². The monoisotopic (exact) mass is 308 g/mol. The average Bonchev–Trinajstić information content (AvgIpc) is 2.37. The Morgan fingerprint density at radius 2 is 1.82 bits per heavy atom. The Morgan fingerprint density at radius 1 is 1.23 bits per heavy atom. The SMILES string of the molecule is CC(C)Oc1ccc(NC(=O)NC(C)(C)CCC(=O)O)cc1. The molecule has 0 saturated heterocycles. The Balaban J connectivity index is 2.52. The number of benzene rings is 1. The highest BCUT2D eigenvalue weighted by Gasteiger charge is 2.21. The maximum absolute atomic E-state index is 11.9. The van der Waals surface area contributed by atoms with Crippen molar-refractivity contribution in [2.45, 2.75) is 52.2 Å². The summed E-state index contributed by atoms with van der Waals surface area (Å²) in [7, 11) is 0. The first-order valence-electron chi connectivity index (χ1n) is 7.25. The molecular weight excluding hydrogens is 284 g/mol. The average molecular weight is 308 g/mol. The molecule has 22 heavy (non-hydrogen) atoms. The smallest absolute Gasteiger partial charge is 0.319 e. The summed E-state index contributed by atoms with van der Waals surface area (Å²) in [5.74, 6) is -0.140. The van der Waals surface area contributed by atoms with E-state index in [1.807, 2.05) is 13.8 Å². The van der Waals surface area contributed by atoms with Crippen LogP contribution < -0.4 is 15.4 Å². The number of aliphatic carboxylic acids is 1. The predicted octanol–water partition coefficient (Wildman–Crippen LogP) is 3.24. The van der Waals surface area contributed by atoms with Gasteiger partial charge in [0.05, 0.1) is 6.10 Å². The zero-order valence-electron chi connectivity index (χ0n) is 13.5. The lowest BCUT2D eigenvalue weighted by Crippen LogP contribution is -2.45. The molecule has 0 spiro atoms. The largest absolute Gasteiger partial charge is 0.491 e. The Morgan fingerprint density at radius 3 is 2.32 bits per heavy atom. The lowest BCUT2D eigenvalue weighted by molar-refractivity contribution is -0.137. The minimum atomic E-state index is -0.879. The van der Waals surface area contributed by atoms with Gasteiger partial charge in [0.25, 0.3) is 0 Å². The van der Waals surface area contributed by atoms with Crippen molar-refractivity contribution in [2.75, 3.05) is 5.32 Å². The zero-order chi connectivity index (χ0) is 16.8. The highest BCUT2D eigenvalue weighted by molar-refractivity contribution is 5.89. The first kappa shape index (κ1) is 17.8. The summed E-state index contributed by atoms with van der Waals surface area (Å²) in [6.45, 7) is 7.46. The van der Waals surface area contributed by atoms with E-state index in [4.69, 9.17) is 9.84 Å². The van der Waals surface area contributed by atoms with Gasteiger partial charge in [-0.25, -0.2) is 4.79 Å². The molecule has 0 radical (unpaired) electrons. The van der Waals surface area contributed by atoms with Crippen LogP contribution in [-0.2, 0) is 4.79 Å². The van der Waals surface area contributed by atoms with Crippen molar-refractivity contribution in [3.63, 3.8) is 0 Å². The van der Waals surface area contributed by atoms with E-state index >= 15 is 0 Å². The number of carbonyl (C=O) groups is 2. The van der Waals surface area contributed by atoms with Crippen molar-refractivity contribution in [3.8, 4) is 5.75 Å². The van der Waals surface area contributed by atoms with Crippen LogP contribution in [0, 0.1) is 0 Å². The lowest BCUT2D eigenvalue weighted by atomic mass is 9.99. The summed E-state index contributed by atoms with van der Waals surface area (Å²) < 4.78 is 5.53. The van der Waals surface area contributed by atoms with Gasteiger partial charge in [-0.2, -0.15) is 0 Å². The normalized spacial score (nSPS) is 11.1. The number of carbonyl (C=O) groups excluding carboxylic acids is 1. The first-order valence-corrected chi connectivity index (χ1v) is 7.25. The highest BCUT2D eigenvalue weighted by atomic mass is 16.5. The third-order valence-corrected chi connectivity index (χ3v) is 2.90.